The van der Waals surface area contributed by atoms with E-state index in [1.54, 1.807) is 12.1 Å². The molecule has 6 heteroatoms. The third-order valence-corrected chi connectivity index (χ3v) is 7.47. The molecule has 0 bridgehead atoms. The van der Waals surface area contributed by atoms with E-state index in [2.05, 4.69) is 103 Å². The molecule has 1 N–H and O–H groups in total. The van der Waals surface area contributed by atoms with E-state index in [-0.39, 0.29) is 9.52 Å². The van der Waals surface area contributed by atoms with Gasteiger partial charge in [-0.25, -0.2) is 0 Å². The van der Waals surface area contributed by atoms with Crippen LogP contribution in [0.5, 0.6) is 0 Å². The predicted octanol–water partition coefficient (Wildman–Crippen LogP) is 8.00. The van der Waals surface area contributed by atoms with Crippen molar-refractivity contribution in [3.8, 4) is 11.1 Å². The average Bonchev–Trinajstić information content (AvgIpc) is 3.34. The van der Waals surface area contributed by atoms with Crippen molar-refractivity contribution < 1.29 is 21.8 Å². The van der Waals surface area contributed by atoms with E-state index in [1.165, 1.54) is 32.6 Å². The summed E-state index contributed by atoms with van der Waals surface area (Å²) in [6.45, 7) is 3.83. The van der Waals surface area contributed by atoms with Crippen LogP contribution >= 0.6 is 18.6 Å². The molecule has 0 aliphatic heterocycles. The maximum Gasteiger partial charge on any atom is 0.103 e. The first-order chi connectivity index (χ1) is 19.4. The monoisotopic (exact) mass is 614 g/mol. The second-order valence-corrected chi connectivity index (χ2v) is 13.3. The molecule has 40 heavy (non-hydrogen) atoms. The molecular weight excluding hydrogens is 585 g/mol. The Balaban J connectivity index is 0.000000158. The zero-order chi connectivity index (χ0) is 28.7. The van der Waals surface area contributed by atoms with E-state index in [1.807, 2.05) is 26.0 Å². The molecule has 0 unspecified atom stereocenters. The van der Waals surface area contributed by atoms with E-state index in [4.69, 9.17) is 24.3 Å². The van der Waals surface area contributed by atoms with Gasteiger partial charge in [-0.2, -0.15) is 29.8 Å². The fraction of sp³-hybridized carbons (Fsp3) is 0.0882. The molecule has 5 aromatic rings. The largest absolute Gasteiger partial charge is 0.179 e. The van der Waals surface area contributed by atoms with E-state index >= 15 is 0 Å². The maximum absolute atomic E-state index is 10.6. The molecule has 0 heterocycles. The van der Waals surface area contributed by atoms with Crippen molar-refractivity contribution in [2.75, 3.05) is 0 Å². The number of hydrogen-bond donors (Lipinski definition) is 0. The van der Waals surface area contributed by atoms with Gasteiger partial charge in [-0.15, -0.1) is 5.56 Å². The summed E-state index contributed by atoms with van der Waals surface area (Å²) in [5, 5.41) is 2.90. The van der Waals surface area contributed by atoms with Crippen LogP contribution in [0.15, 0.2) is 121 Å². The Morgan fingerprint density at radius 3 is 1.80 bits per heavy atom. The second-order valence-electron chi connectivity index (χ2n) is 9.14. The topological polar surface area (TPSA) is 40.9 Å². The molecule has 0 spiro atoms. The summed E-state index contributed by atoms with van der Waals surface area (Å²) in [7, 11) is 10.0. The van der Waals surface area contributed by atoms with Gasteiger partial charge >= 0.3 is 35.6 Å². The Labute approximate surface area is 257 Å². The number of carbonyl (C=O) groups is 1. The molecule has 0 atom stereocenters. The SMILES string of the molecule is Cc1cc(C)cc(C([NH-])=O)c1.[Cl][Ti][Cl].[c-]1cccc2c1Cc1ccccc1-2.c1ccc([SiH]c2ccccc2)cc1. The van der Waals surface area contributed by atoms with E-state index in [0.717, 1.165) is 17.5 Å². The third kappa shape index (κ3) is 10.2. The van der Waals surface area contributed by atoms with Crippen LogP contribution in [-0.2, 0) is 23.5 Å². The zero-order valence-electron chi connectivity index (χ0n) is 22.5. The molecule has 2 nitrogen and oxygen atoms in total. The minimum Gasteiger partial charge on any atom is -0.179 e. The number of halogens is 2. The molecule has 0 saturated heterocycles. The standard InChI is InChI=1S/C13H9.C12H11Si.C9H11NO.2ClH.Ti/c1-3-7-12-10(5-1)9-11-6-2-4-8-13(11)12;1-3-7-11(8-4-1)13-12-9-5-2-6-10-12;1-6-3-7(2)5-8(4-6)9(10)11;;;/h1-5,7-8H,9H2;1-10,13H;3-5H,1-2H3,(H2,10,11);2*1H;/q-1;;;;;+2/p-3. The Hall–Kier alpha value is -2.92. The van der Waals surface area contributed by atoms with Crippen LogP contribution < -0.4 is 10.4 Å². The molecule has 1 aliphatic rings. The van der Waals surface area contributed by atoms with Gasteiger partial charge in [-0.05, 0) is 25.8 Å². The summed E-state index contributed by atoms with van der Waals surface area (Å²) in [5.74, 6) is -0.614. The fourth-order valence-corrected chi connectivity index (χ4v) is 5.61. The fourth-order valence-electron chi connectivity index (χ4n) is 4.39. The molecule has 1 amide bonds. The first-order valence-electron chi connectivity index (χ1n) is 12.7. The van der Waals surface area contributed by atoms with Gasteiger partial charge in [0.15, 0.2) is 0 Å². The Kier molecular flexibility index (Phi) is 13.4. The number of hydrogen-bond acceptors (Lipinski definition) is 1. The van der Waals surface area contributed by atoms with Crippen molar-refractivity contribution in [3.63, 3.8) is 0 Å². The van der Waals surface area contributed by atoms with Gasteiger partial charge in [0.05, 0.1) is 5.91 Å². The van der Waals surface area contributed by atoms with Crippen LogP contribution in [0.25, 0.3) is 16.9 Å². The number of fused-ring (bicyclic) bond motifs is 3. The van der Waals surface area contributed by atoms with E-state index in [0.29, 0.717) is 5.56 Å². The van der Waals surface area contributed by atoms with Crippen LogP contribution in [-0.4, -0.2) is 15.4 Å². The van der Waals surface area contributed by atoms with Crippen LogP contribution in [0.3, 0.4) is 0 Å². The Bertz CT molecular complexity index is 1400. The molecule has 201 valence electrons. The maximum atomic E-state index is 10.6. The quantitative estimate of drug-likeness (QED) is 0.147. The van der Waals surface area contributed by atoms with E-state index < -0.39 is 22.9 Å². The molecule has 0 fully saturated rings. The zero-order valence-corrected chi connectivity index (χ0v) is 26.7. The van der Waals surface area contributed by atoms with Crippen molar-refractivity contribution in [3.05, 3.63) is 161 Å². The Morgan fingerprint density at radius 1 is 0.750 bits per heavy atom. The summed E-state index contributed by atoms with van der Waals surface area (Å²) in [6, 6.07) is 44.9. The number of carbonyl (C=O) groups excluding carboxylic acids is 1. The molecule has 5 aromatic carbocycles. The number of amides is 1. The van der Waals surface area contributed by atoms with Crippen molar-refractivity contribution >= 4 is 44.4 Å². The minimum absolute atomic E-state index is 0.271. The van der Waals surface area contributed by atoms with Gasteiger partial charge < -0.3 is 10.5 Å². The smallest absolute Gasteiger partial charge is 0.103 e. The van der Waals surface area contributed by atoms with Crippen molar-refractivity contribution in [2.45, 2.75) is 20.3 Å². The Morgan fingerprint density at radius 2 is 1.25 bits per heavy atom. The van der Waals surface area contributed by atoms with Gasteiger partial charge in [0.1, 0.15) is 9.52 Å². The van der Waals surface area contributed by atoms with E-state index in [9.17, 15) is 4.79 Å². The number of aryl methyl sites for hydroxylation is 2. The molecule has 6 rings (SSSR count). The van der Waals surface area contributed by atoms with Crippen LogP contribution in [0.2, 0.25) is 0 Å². The third-order valence-electron chi connectivity index (χ3n) is 6.03. The van der Waals surface area contributed by atoms with Gasteiger partial charge in [0.2, 0.25) is 0 Å². The number of benzene rings is 5. The predicted molar refractivity (Wildman–Crippen MR) is 169 cm³/mol. The normalized spacial score (nSPS) is 10.2. The summed E-state index contributed by atoms with van der Waals surface area (Å²) >= 11 is -0.556. The molecule has 1 aliphatic carbocycles. The molecular formula is C34H30Cl2NOSiTi-2. The average molecular weight is 615 g/mol. The first kappa shape index (κ1) is 31.6. The summed E-state index contributed by atoms with van der Waals surface area (Å²) in [6.07, 6.45) is 1.05. The summed E-state index contributed by atoms with van der Waals surface area (Å²) in [4.78, 5) is 10.6. The van der Waals surface area contributed by atoms with Crippen molar-refractivity contribution in [1.29, 1.82) is 0 Å². The van der Waals surface area contributed by atoms with Gasteiger partial charge in [-0.1, -0.05) is 136 Å². The molecule has 1 radical (unpaired) electrons. The number of nitrogens with one attached hydrogen (secondary N) is 1. The van der Waals surface area contributed by atoms with Crippen LogP contribution in [0.1, 0.15) is 32.6 Å². The van der Waals surface area contributed by atoms with Crippen LogP contribution in [0, 0.1) is 19.9 Å². The van der Waals surface area contributed by atoms with Crippen molar-refractivity contribution in [2.24, 2.45) is 0 Å². The molecule has 0 aromatic heterocycles. The van der Waals surface area contributed by atoms with Gasteiger partial charge in [-0.3, -0.25) is 0 Å². The number of rotatable bonds is 3. The first-order valence-corrected chi connectivity index (χ1v) is 18.2. The van der Waals surface area contributed by atoms with Crippen LogP contribution in [0.4, 0.5) is 0 Å². The van der Waals surface area contributed by atoms with Gasteiger partial charge in [0, 0.05) is 0 Å². The van der Waals surface area contributed by atoms with Gasteiger partial charge in [0.25, 0.3) is 0 Å². The summed E-state index contributed by atoms with van der Waals surface area (Å²) < 4.78 is 0. The molecule has 0 saturated carbocycles. The summed E-state index contributed by atoms with van der Waals surface area (Å²) in [5.41, 5.74) is 14.9. The van der Waals surface area contributed by atoms with Crippen molar-refractivity contribution in [1.82, 2.24) is 0 Å². The minimum atomic E-state index is -0.614. The second kappa shape index (κ2) is 17.0.